The van der Waals surface area contributed by atoms with Crippen molar-refractivity contribution in [2.24, 2.45) is 0 Å². The molecule has 0 N–H and O–H groups in total. The third-order valence-electron chi connectivity index (χ3n) is 9.14. The SMILES string of the molecule is [2H]c1c([2H])c([2H])c(-c2cccc(-c3nc(-c4ccccc4)nc(-c4cccc5oc6c(-n7c8ccccc8c8ccccc87)cccc6c45)n3)c2)c([2H])c1[2H]. The maximum atomic E-state index is 8.58. The zero-order chi connectivity index (χ0) is 37.4. The van der Waals surface area contributed by atoms with Crippen LogP contribution >= 0.6 is 0 Å². The van der Waals surface area contributed by atoms with E-state index in [4.69, 9.17) is 26.2 Å². The van der Waals surface area contributed by atoms with E-state index in [2.05, 4.69) is 65.2 Å². The van der Waals surface area contributed by atoms with Crippen LogP contribution in [0.4, 0.5) is 0 Å². The van der Waals surface area contributed by atoms with Crippen LogP contribution in [0.5, 0.6) is 0 Å². The standard InChI is InChI=1S/C45H28N4O/c1-3-14-29(15-4-1)31-18-11-19-32(28-31)44-46-43(30-16-5-2-6-17-30)47-45(48-44)36-23-13-27-40-41(36)35-22-12-26-39(42(35)50-40)49-37-24-9-7-20-33(37)34-21-8-10-25-38(34)49/h1-28H/i1D,3D,4D,14D,15D. The third-order valence-corrected chi connectivity index (χ3v) is 9.14. The van der Waals surface area contributed by atoms with Crippen molar-refractivity contribution in [2.45, 2.75) is 0 Å². The van der Waals surface area contributed by atoms with Crippen molar-refractivity contribution in [1.82, 2.24) is 19.5 Å². The van der Waals surface area contributed by atoms with Crippen LogP contribution in [0.2, 0.25) is 0 Å². The van der Waals surface area contributed by atoms with E-state index in [-0.39, 0.29) is 17.6 Å². The summed E-state index contributed by atoms with van der Waals surface area (Å²) in [4.78, 5) is 15.0. The highest BCUT2D eigenvalue weighted by molar-refractivity contribution is 6.15. The molecule has 0 aliphatic carbocycles. The van der Waals surface area contributed by atoms with Crippen LogP contribution in [0, 0.1) is 0 Å². The second kappa shape index (κ2) is 11.4. The number of nitrogens with zero attached hydrogens (tertiary/aromatic N) is 4. The summed E-state index contributed by atoms with van der Waals surface area (Å²) in [6.07, 6.45) is 0. The van der Waals surface area contributed by atoms with Gasteiger partial charge in [-0.3, -0.25) is 0 Å². The normalized spacial score (nSPS) is 13.0. The quantitative estimate of drug-likeness (QED) is 0.187. The van der Waals surface area contributed by atoms with Crippen molar-refractivity contribution in [3.63, 3.8) is 0 Å². The molecule has 0 fully saturated rings. The number of hydrogen-bond acceptors (Lipinski definition) is 4. The van der Waals surface area contributed by atoms with Gasteiger partial charge in [0.05, 0.1) is 23.6 Å². The van der Waals surface area contributed by atoms with Gasteiger partial charge < -0.3 is 8.98 Å². The van der Waals surface area contributed by atoms with Gasteiger partial charge in [0, 0.05) is 38.2 Å². The molecule has 0 spiro atoms. The summed E-state index contributed by atoms with van der Waals surface area (Å²) in [6, 6.07) is 43.9. The van der Waals surface area contributed by atoms with Crippen molar-refractivity contribution in [3.8, 4) is 51.0 Å². The fourth-order valence-corrected chi connectivity index (χ4v) is 6.93. The summed E-state index contributed by atoms with van der Waals surface area (Å²) in [5.41, 5.74) is 7.23. The van der Waals surface area contributed by atoms with Crippen LogP contribution in [0.25, 0.3) is 94.7 Å². The lowest BCUT2D eigenvalue weighted by atomic mass is 10.0. The molecule has 10 aromatic rings. The lowest BCUT2D eigenvalue weighted by Crippen LogP contribution is -2.00. The van der Waals surface area contributed by atoms with E-state index in [1.165, 1.54) is 0 Å². The highest BCUT2D eigenvalue weighted by atomic mass is 16.3. The summed E-state index contributed by atoms with van der Waals surface area (Å²) in [7, 11) is 0. The Morgan fingerprint density at radius 2 is 1.08 bits per heavy atom. The number of aromatic nitrogens is 4. The van der Waals surface area contributed by atoms with Crippen LogP contribution in [-0.4, -0.2) is 19.5 Å². The van der Waals surface area contributed by atoms with Crippen LogP contribution in [-0.2, 0) is 0 Å². The molecule has 0 saturated heterocycles. The van der Waals surface area contributed by atoms with E-state index < -0.39 is 18.1 Å². The van der Waals surface area contributed by atoms with Gasteiger partial charge >= 0.3 is 0 Å². The molecule has 3 heterocycles. The van der Waals surface area contributed by atoms with Gasteiger partial charge in [-0.2, -0.15) is 0 Å². The summed E-state index contributed by atoms with van der Waals surface area (Å²) < 4.78 is 50.7. The molecule has 5 nitrogen and oxygen atoms in total. The first kappa shape index (κ1) is 23.5. The van der Waals surface area contributed by atoms with Crippen molar-refractivity contribution < 1.29 is 11.3 Å². The van der Waals surface area contributed by atoms with E-state index in [0.717, 1.165) is 55.0 Å². The van der Waals surface area contributed by atoms with Gasteiger partial charge in [-0.25, -0.2) is 15.0 Å². The zero-order valence-electron chi connectivity index (χ0n) is 31.5. The predicted molar refractivity (Wildman–Crippen MR) is 203 cm³/mol. The Kier molecular flexibility index (Phi) is 5.35. The zero-order valence-corrected chi connectivity index (χ0v) is 26.5. The predicted octanol–water partition coefficient (Wildman–Crippen LogP) is 11.5. The summed E-state index contributed by atoms with van der Waals surface area (Å²) >= 11 is 0. The van der Waals surface area contributed by atoms with E-state index in [1.807, 2.05) is 60.7 Å². The summed E-state index contributed by atoms with van der Waals surface area (Å²) in [6.45, 7) is 0. The molecular formula is C45H28N4O. The molecule has 0 unspecified atom stereocenters. The maximum Gasteiger partial charge on any atom is 0.164 e. The van der Waals surface area contributed by atoms with Gasteiger partial charge in [0.1, 0.15) is 5.58 Å². The van der Waals surface area contributed by atoms with E-state index in [9.17, 15) is 0 Å². The molecule has 0 saturated carbocycles. The Morgan fingerprint density at radius 3 is 1.86 bits per heavy atom. The van der Waals surface area contributed by atoms with Crippen LogP contribution in [0.3, 0.4) is 0 Å². The Hall–Kier alpha value is -6.85. The van der Waals surface area contributed by atoms with Crippen molar-refractivity contribution in [1.29, 1.82) is 0 Å². The molecule has 0 amide bonds. The van der Waals surface area contributed by atoms with Gasteiger partial charge in [0.15, 0.2) is 23.1 Å². The fraction of sp³-hybridized carbons (Fsp3) is 0. The minimum absolute atomic E-state index is 0.110. The van der Waals surface area contributed by atoms with Crippen LogP contribution in [0.1, 0.15) is 6.85 Å². The lowest BCUT2D eigenvalue weighted by molar-refractivity contribution is 0.666. The van der Waals surface area contributed by atoms with Gasteiger partial charge in [-0.1, -0.05) is 139 Å². The van der Waals surface area contributed by atoms with Crippen LogP contribution < -0.4 is 0 Å². The molecule has 0 atom stereocenters. The van der Waals surface area contributed by atoms with Crippen molar-refractivity contribution in [2.75, 3.05) is 0 Å². The molecule has 0 aliphatic heterocycles. The average Bonchev–Trinajstić information content (AvgIpc) is 3.79. The van der Waals surface area contributed by atoms with E-state index >= 15 is 0 Å². The molecule has 234 valence electrons. The molecule has 3 aromatic heterocycles. The number of fused-ring (bicyclic) bond motifs is 6. The number of hydrogen-bond donors (Lipinski definition) is 0. The molecular weight excluding hydrogens is 613 g/mol. The van der Waals surface area contributed by atoms with Gasteiger partial charge in [0.25, 0.3) is 0 Å². The highest BCUT2D eigenvalue weighted by Gasteiger charge is 2.21. The molecule has 50 heavy (non-hydrogen) atoms. The minimum Gasteiger partial charge on any atom is -0.454 e. The maximum absolute atomic E-state index is 8.58. The first-order chi connectivity index (χ1) is 26.9. The van der Waals surface area contributed by atoms with Crippen molar-refractivity contribution >= 4 is 43.7 Å². The molecule has 0 aliphatic rings. The second-order valence-electron chi connectivity index (χ2n) is 12.1. The van der Waals surface area contributed by atoms with Crippen LogP contribution in [0.15, 0.2) is 174 Å². The van der Waals surface area contributed by atoms with Gasteiger partial charge in [-0.05, 0) is 41.5 Å². The number of rotatable bonds is 5. The molecule has 10 rings (SSSR count). The van der Waals surface area contributed by atoms with Gasteiger partial charge in [-0.15, -0.1) is 0 Å². The summed E-state index contributed by atoms with van der Waals surface area (Å²) in [5.74, 6) is 1.27. The number of furan rings is 1. The largest absolute Gasteiger partial charge is 0.454 e. The first-order valence-electron chi connectivity index (χ1n) is 18.8. The molecule has 0 radical (unpaired) electrons. The number of benzene rings is 7. The van der Waals surface area contributed by atoms with Gasteiger partial charge in [0.2, 0.25) is 0 Å². The Bertz CT molecular complexity index is 3090. The topological polar surface area (TPSA) is 56.7 Å². The Morgan fingerprint density at radius 1 is 0.480 bits per heavy atom. The smallest absolute Gasteiger partial charge is 0.164 e. The second-order valence-corrected chi connectivity index (χ2v) is 12.1. The Balaban J connectivity index is 1.20. The lowest BCUT2D eigenvalue weighted by Gasteiger charge is -2.10. The molecule has 5 heteroatoms. The first-order valence-corrected chi connectivity index (χ1v) is 16.3. The van der Waals surface area contributed by atoms with Crippen molar-refractivity contribution in [3.05, 3.63) is 170 Å². The third kappa shape index (κ3) is 4.52. The average molecular weight is 646 g/mol. The van der Waals surface area contributed by atoms with E-state index in [1.54, 1.807) is 18.2 Å². The monoisotopic (exact) mass is 645 g/mol. The highest BCUT2D eigenvalue weighted by Crippen LogP contribution is 2.41. The Labute approximate surface area is 294 Å². The number of para-hydroxylation sites is 3. The van der Waals surface area contributed by atoms with E-state index in [0.29, 0.717) is 34.2 Å². The fourth-order valence-electron chi connectivity index (χ4n) is 6.93. The minimum atomic E-state index is -0.437. The molecule has 0 bridgehead atoms. The molecule has 7 aromatic carbocycles. The summed E-state index contributed by atoms with van der Waals surface area (Å²) in [5, 5.41) is 4.10.